The topological polar surface area (TPSA) is 113 Å². The van der Waals surface area contributed by atoms with Crippen molar-refractivity contribution < 1.29 is 29.0 Å². The molecule has 1 aromatic rings. The number of ketones is 1. The first-order chi connectivity index (χ1) is 12.6. The van der Waals surface area contributed by atoms with Crippen LogP contribution in [0.5, 0.6) is 5.75 Å². The number of carboxylic acid groups (broad SMARTS) is 1. The summed E-state index contributed by atoms with van der Waals surface area (Å²) >= 11 is 1.20. The number of carboxylic acids is 1. The summed E-state index contributed by atoms with van der Waals surface area (Å²) < 4.78 is 4.36. The number of methoxy groups -OCH3 is 1. The molecule has 2 N–H and O–H groups in total. The average Bonchev–Trinajstić information content (AvgIpc) is 2.87. The van der Waals surface area contributed by atoms with E-state index in [9.17, 15) is 24.3 Å². The van der Waals surface area contributed by atoms with Gasteiger partial charge in [0.05, 0.1) is 12.7 Å². The standard InChI is InChI=1S/C18H20N2O6S/c1-9(21)18(19-13(22)10-7-5-6-8-11(10)26-4)15(25)20-12(14(23)24)17(2,3)27-16(18)20/h5-8,12,16H,1-4H3,(H,19,22)(H,23,24)/t12-,16+,18?/m0/s1. The summed E-state index contributed by atoms with van der Waals surface area (Å²) in [7, 11) is 1.41. The minimum absolute atomic E-state index is 0.184. The third-order valence-corrected chi connectivity index (χ3v) is 6.63. The molecule has 9 heteroatoms. The highest BCUT2D eigenvalue weighted by Gasteiger charge is 2.74. The Bertz CT molecular complexity index is 854. The second kappa shape index (κ2) is 6.26. The van der Waals surface area contributed by atoms with Gasteiger partial charge in [0, 0.05) is 4.75 Å². The summed E-state index contributed by atoms with van der Waals surface area (Å²) in [5.41, 5.74) is -1.60. The van der Waals surface area contributed by atoms with E-state index in [2.05, 4.69) is 5.32 Å². The lowest BCUT2D eigenvalue weighted by Crippen LogP contribution is -2.82. The molecule has 3 atom stereocenters. The Morgan fingerprint density at radius 3 is 2.44 bits per heavy atom. The zero-order chi connectivity index (χ0) is 20.1. The number of ether oxygens (including phenoxy) is 1. The molecule has 0 aromatic heterocycles. The highest BCUT2D eigenvalue weighted by Crippen LogP contribution is 2.55. The van der Waals surface area contributed by atoms with Crippen LogP contribution in [0, 0.1) is 0 Å². The quantitative estimate of drug-likeness (QED) is 0.565. The number of nitrogens with zero attached hydrogens (tertiary/aromatic N) is 1. The molecule has 0 bridgehead atoms. The van der Waals surface area contributed by atoms with Crippen LogP contribution < -0.4 is 10.1 Å². The van der Waals surface area contributed by atoms with E-state index in [1.807, 2.05) is 0 Å². The third-order valence-electron chi connectivity index (χ3n) is 5.00. The van der Waals surface area contributed by atoms with E-state index in [4.69, 9.17) is 4.74 Å². The van der Waals surface area contributed by atoms with Gasteiger partial charge < -0.3 is 20.1 Å². The molecule has 2 aliphatic rings. The largest absolute Gasteiger partial charge is 0.496 e. The number of amides is 2. The molecule has 0 spiro atoms. The van der Waals surface area contributed by atoms with E-state index >= 15 is 0 Å². The van der Waals surface area contributed by atoms with Gasteiger partial charge in [-0.15, -0.1) is 11.8 Å². The highest BCUT2D eigenvalue weighted by molar-refractivity contribution is 8.01. The van der Waals surface area contributed by atoms with Crippen molar-refractivity contribution in [3.05, 3.63) is 29.8 Å². The summed E-state index contributed by atoms with van der Waals surface area (Å²) in [5.74, 6) is -2.70. The van der Waals surface area contributed by atoms with Crippen LogP contribution in [0.2, 0.25) is 0 Å². The minimum atomic E-state index is -1.79. The zero-order valence-corrected chi connectivity index (χ0v) is 16.1. The fraction of sp³-hybridized carbons (Fsp3) is 0.444. The van der Waals surface area contributed by atoms with Crippen molar-refractivity contribution in [3.63, 3.8) is 0 Å². The second-order valence-corrected chi connectivity index (χ2v) is 8.78. The summed E-state index contributed by atoms with van der Waals surface area (Å²) in [6.45, 7) is 4.63. The number of aliphatic carboxylic acids is 1. The van der Waals surface area contributed by atoms with Crippen molar-refractivity contribution in [2.45, 2.75) is 42.5 Å². The number of hydrogen-bond acceptors (Lipinski definition) is 6. The third kappa shape index (κ3) is 2.60. The lowest BCUT2D eigenvalue weighted by Gasteiger charge is -2.51. The van der Waals surface area contributed by atoms with Gasteiger partial charge in [-0.05, 0) is 32.9 Å². The second-order valence-electron chi connectivity index (χ2n) is 7.05. The first kappa shape index (κ1) is 19.2. The Hall–Kier alpha value is -2.55. The number of rotatable bonds is 5. The average molecular weight is 392 g/mol. The first-order valence-electron chi connectivity index (χ1n) is 8.28. The van der Waals surface area contributed by atoms with Gasteiger partial charge in [0.1, 0.15) is 17.2 Å². The number of Topliss-reactive ketones (excluding diaryl/α,β-unsaturated/α-hetero) is 1. The molecule has 0 saturated carbocycles. The van der Waals surface area contributed by atoms with Gasteiger partial charge in [0.25, 0.3) is 11.8 Å². The maximum absolute atomic E-state index is 12.9. The van der Waals surface area contributed by atoms with Gasteiger partial charge in [0.2, 0.25) is 5.54 Å². The summed E-state index contributed by atoms with van der Waals surface area (Å²) in [4.78, 5) is 51.0. The SMILES string of the molecule is COc1ccccc1C(=O)NC1(C(C)=O)C(=O)N2[C@@H](C(=O)O)C(C)(C)S[C@@H]21. The number of fused-ring (bicyclic) bond motifs is 1. The van der Waals surface area contributed by atoms with Crippen LogP contribution in [0.4, 0.5) is 0 Å². The molecule has 2 heterocycles. The van der Waals surface area contributed by atoms with Crippen LogP contribution in [-0.2, 0) is 14.4 Å². The minimum Gasteiger partial charge on any atom is -0.496 e. The smallest absolute Gasteiger partial charge is 0.327 e. The molecule has 1 unspecified atom stereocenters. The van der Waals surface area contributed by atoms with Crippen molar-refractivity contribution in [3.8, 4) is 5.75 Å². The van der Waals surface area contributed by atoms with Crippen LogP contribution in [0.15, 0.2) is 24.3 Å². The maximum atomic E-state index is 12.9. The molecule has 2 aliphatic heterocycles. The number of carbonyl (C=O) groups is 4. The van der Waals surface area contributed by atoms with Crippen molar-refractivity contribution in [2.75, 3.05) is 7.11 Å². The fourth-order valence-corrected chi connectivity index (χ4v) is 5.42. The molecule has 27 heavy (non-hydrogen) atoms. The normalized spacial score (nSPS) is 28.1. The highest BCUT2D eigenvalue weighted by atomic mass is 32.2. The molecule has 2 saturated heterocycles. The number of benzene rings is 1. The predicted octanol–water partition coefficient (Wildman–Crippen LogP) is 0.900. The lowest BCUT2D eigenvalue weighted by atomic mass is 9.81. The molecule has 0 radical (unpaired) electrons. The number of carbonyl (C=O) groups excluding carboxylic acids is 3. The van der Waals surface area contributed by atoms with E-state index in [1.54, 1.807) is 32.0 Å². The van der Waals surface area contributed by atoms with E-state index in [-0.39, 0.29) is 5.56 Å². The molecule has 144 valence electrons. The van der Waals surface area contributed by atoms with Crippen molar-refractivity contribution >= 4 is 35.3 Å². The molecule has 3 rings (SSSR count). The Labute approximate surface area is 160 Å². The number of para-hydroxylation sites is 1. The molecule has 2 amide bonds. The Kier molecular flexibility index (Phi) is 4.46. The van der Waals surface area contributed by atoms with Crippen LogP contribution in [0.1, 0.15) is 31.1 Å². The van der Waals surface area contributed by atoms with Crippen molar-refractivity contribution in [1.82, 2.24) is 10.2 Å². The first-order valence-corrected chi connectivity index (χ1v) is 9.16. The zero-order valence-electron chi connectivity index (χ0n) is 15.3. The molecular formula is C18H20N2O6S. The van der Waals surface area contributed by atoms with E-state index in [0.717, 1.165) is 0 Å². The molecule has 0 aliphatic carbocycles. The molecule has 2 fully saturated rings. The predicted molar refractivity (Wildman–Crippen MR) is 97.6 cm³/mol. The van der Waals surface area contributed by atoms with Crippen LogP contribution >= 0.6 is 11.8 Å². The Balaban J connectivity index is 1.98. The molecule has 1 aromatic carbocycles. The Morgan fingerprint density at radius 2 is 1.89 bits per heavy atom. The number of thioether (sulfide) groups is 1. The van der Waals surface area contributed by atoms with Gasteiger partial charge in [-0.1, -0.05) is 12.1 Å². The number of β-lactam (4-membered cyclic amide) rings is 1. The van der Waals surface area contributed by atoms with E-state index in [1.165, 1.54) is 36.8 Å². The monoisotopic (exact) mass is 392 g/mol. The van der Waals surface area contributed by atoms with Gasteiger partial charge in [-0.2, -0.15) is 0 Å². The number of nitrogens with one attached hydrogen (secondary N) is 1. The summed E-state index contributed by atoms with van der Waals surface area (Å²) in [6, 6.07) is 5.38. The summed E-state index contributed by atoms with van der Waals surface area (Å²) in [5, 5.41) is 11.3. The van der Waals surface area contributed by atoms with Crippen molar-refractivity contribution in [2.24, 2.45) is 0 Å². The van der Waals surface area contributed by atoms with E-state index in [0.29, 0.717) is 5.75 Å². The van der Waals surface area contributed by atoms with Crippen molar-refractivity contribution in [1.29, 1.82) is 0 Å². The summed E-state index contributed by atoms with van der Waals surface area (Å²) in [6.07, 6.45) is 0. The van der Waals surface area contributed by atoms with Crippen LogP contribution in [-0.4, -0.2) is 62.4 Å². The van der Waals surface area contributed by atoms with Gasteiger partial charge >= 0.3 is 5.97 Å². The van der Waals surface area contributed by atoms with Gasteiger partial charge in [0.15, 0.2) is 5.78 Å². The van der Waals surface area contributed by atoms with Crippen LogP contribution in [0.25, 0.3) is 0 Å². The fourth-order valence-electron chi connectivity index (χ4n) is 3.67. The van der Waals surface area contributed by atoms with Gasteiger partial charge in [-0.3, -0.25) is 14.4 Å². The molecule has 8 nitrogen and oxygen atoms in total. The molecular weight excluding hydrogens is 372 g/mol. The number of hydrogen-bond donors (Lipinski definition) is 2. The van der Waals surface area contributed by atoms with Crippen LogP contribution in [0.3, 0.4) is 0 Å². The van der Waals surface area contributed by atoms with Gasteiger partial charge in [-0.25, -0.2) is 4.79 Å². The lowest BCUT2D eigenvalue weighted by molar-refractivity contribution is -0.170. The van der Waals surface area contributed by atoms with E-state index < -0.39 is 45.3 Å². The maximum Gasteiger partial charge on any atom is 0.327 e. The Morgan fingerprint density at radius 1 is 1.26 bits per heavy atom.